The van der Waals surface area contributed by atoms with Gasteiger partial charge in [-0.25, -0.2) is 0 Å². The van der Waals surface area contributed by atoms with Crippen LogP contribution < -0.4 is 0 Å². The number of hydrogen-bond donors (Lipinski definition) is 0. The van der Waals surface area contributed by atoms with Gasteiger partial charge in [-0.3, -0.25) is 14.4 Å². The summed E-state index contributed by atoms with van der Waals surface area (Å²) in [6.45, 7) is 6.54. The van der Waals surface area contributed by atoms with E-state index >= 15 is 0 Å². The molecule has 0 fully saturated rings. The summed E-state index contributed by atoms with van der Waals surface area (Å²) in [5.74, 6) is -0.967. The van der Waals surface area contributed by atoms with Crippen molar-refractivity contribution in [2.75, 3.05) is 13.2 Å². The van der Waals surface area contributed by atoms with Crippen molar-refractivity contribution in [3.63, 3.8) is 0 Å². The van der Waals surface area contributed by atoms with Crippen molar-refractivity contribution in [3.05, 3.63) is 109 Å². The van der Waals surface area contributed by atoms with Crippen LogP contribution in [0.1, 0.15) is 290 Å². The molecule has 0 aliphatic carbocycles. The highest BCUT2D eigenvalue weighted by molar-refractivity contribution is 5.71. The fraction of sp³-hybridized carbons (Fsp3) is 0.696. The third-order valence-corrected chi connectivity index (χ3v) is 13.2. The summed E-state index contributed by atoms with van der Waals surface area (Å²) in [4.78, 5) is 38.3. The summed E-state index contributed by atoms with van der Waals surface area (Å²) < 4.78 is 16.9. The summed E-state index contributed by atoms with van der Waals surface area (Å²) in [6, 6.07) is 0. The first kappa shape index (κ1) is 71.1. The van der Waals surface area contributed by atoms with E-state index in [0.29, 0.717) is 12.8 Å². The maximum Gasteiger partial charge on any atom is 0.306 e. The van der Waals surface area contributed by atoms with Crippen LogP contribution in [0.25, 0.3) is 0 Å². The lowest BCUT2D eigenvalue weighted by Crippen LogP contribution is -2.30. The molecule has 0 unspecified atom stereocenters. The molecule has 0 bridgehead atoms. The highest BCUT2D eigenvalue weighted by Crippen LogP contribution is 2.14. The van der Waals surface area contributed by atoms with E-state index in [1.54, 1.807) is 0 Å². The smallest absolute Gasteiger partial charge is 0.306 e. The van der Waals surface area contributed by atoms with Crippen LogP contribution in [0.4, 0.5) is 0 Å². The van der Waals surface area contributed by atoms with Crippen LogP contribution in [0.3, 0.4) is 0 Å². The van der Waals surface area contributed by atoms with Gasteiger partial charge in [-0.1, -0.05) is 246 Å². The van der Waals surface area contributed by atoms with Crippen molar-refractivity contribution in [2.24, 2.45) is 0 Å². The van der Waals surface area contributed by atoms with Crippen LogP contribution in [-0.4, -0.2) is 37.2 Å². The Morgan fingerprint density at radius 3 is 0.800 bits per heavy atom. The van der Waals surface area contributed by atoms with Gasteiger partial charge in [-0.2, -0.15) is 0 Å². The second kappa shape index (κ2) is 62.6. The largest absolute Gasteiger partial charge is 0.462 e. The van der Waals surface area contributed by atoms with Crippen LogP contribution in [-0.2, 0) is 28.6 Å². The maximum absolute atomic E-state index is 12.9. The Kier molecular flexibility index (Phi) is 59.3. The van der Waals surface area contributed by atoms with Gasteiger partial charge in [0.05, 0.1) is 0 Å². The van der Waals surface area contributed by atoms with Gasteiger partial charge in [0.15, 0.2) is 6.10 Å². The SMILES string of the molecule is CCCCC/C=C\C/C=C\C/C=C\C/C=C\CCCCCC(=O)OC[C@@H](COC(=O)CCCCCCCCC/C=C\CCCCCCCCCC)OC(=O)CCCCC/C=C\C/C=C\C/C=C\C/C=C\CCCCC. The first-order chi connectivity index (χ1) is 37.0. The van der Waals surface area contributed by atoms with Gasteiger partial charge in [0.25, 0.3) is 0 Å². The second-order valence-corrected chi connectivity index (χ2v) is 20.6. The van der Waals surface area contributed by atoms with E-state index in [1.807, 2.05) is 0 Å². The Labute approximate surface area is 463 Å². The molecule has 0 heterocycles. The van der Waals surface area contributed by atoms with Crippen LogP contribution in [0, 0.1) is 0 Å². The van der Waals surface area contributed by atoms with Crippen LogP contribution >= 0.6 is 0 Å². The predicted molar refractivity (Wildman–Crippen MR) is 325 cm³/mol. The summed E-state index contributed by atoms with van der Waals surface area (Å²) in [6.07, 6.45) is 85.1. The quantitative estimate of drug-likeness (QED) is 0.0261. The predicted octanol–water partition coefficient (Wildman–Crippen LogP) is 21.4. The molecule has 0 aromatic rings. The van der Waals surface area contributed by atoms with Crippen molar-refractivity contribution >= 4 is 17.9 Å². The zero-order valence-electron chi connectivity index (χ0n) is 49.0. The van der Waals surface area contributed by atoms with E-state index in [9.17, 15) is 14.4 Å². The van der Waals surface area contributed by atoms with Crippen LogP contribution in [0.15, 0.2) is 109 Å². The fourth-order valence-corrected chi connectivity index (χ4v) is 8.46. The van der Waals surface area contributed by atoms with Crippen molar-refractivity contribution in [1.29, 1.82) is 0 Å². The number of unbranched alkanes of at least 4 members (excludes halogenated alkanes) is 27. The average molecular weight is 1040 g/mol. The van der Waals surface area contributed by atoms with Gasteiger partial charge in [-0.05, 0) is 135 Å². The Balaban J connectivity index is 4.52. The van der Waals surface area contributed by atoms with E-state index < -0.39 is 6.10 Å². The third kappa shape index (κ3) is 60.8. The highest BCUT2D eigenvalue weighted by atomic mass is 16.6. The van der Waals surface area contributed by atoms with E-state index in [0.717, 1.165) is 109 Å². The Hall–Kier alpha value is -3.93. The van der Waals surface area contributed by atoms with Crippen molar-refractivity contribution < 1.29 is 28.6 Å². The fourth-order valence-electron chi connectivity index (χ4n) is 8.46. The average Bonchev–Trinajstić information content (AvgIpc) is 3.41. The van der Waals surface area contributed by atoms with Crippen molar-refractivity contribution in [3.8, 4) is 0 Å². The van der Waals surface area contributed by atoms with Crippen molar-refractivity contribution in [1.82, 2.24) is 0 Å². The molecular formula is C69H116O6. The van der Waals surface area contributed by atoms with Gasteiger partial charge in [0.1, 0.15) is 13.2 Å². The molecule has 6 nitrogen and oxygen atoms in total. The molecule has 0 radical (unpaired) electrons. The Bertz CT molecular complexity index is 1520. The van der Waals surface area contributed by atoms with E-state index in [4.69, 9.17) is 14.2 Å². The molecule has 6 heteroatoms. The van der Waals surface area contributed by atoms with Crippen molar-refractivity contribution in [2.45, 2.75) is 297 Å². The minimum absolute atomic E-state index is 0.105. The topological polar surface area (TPSA) is 78.9 Å². The molecule has 1 atom stereocenters. The molecule has 0 spiro atoms. The summed E-state index contributed by atoms with van der Waals surface area (Å²) >= 11 is 0. The lowest BCUT2D eigenvalue weighted by molar-refractivity contribution is -0.167. The molecule has 75 heavy (non-hydrogen) atoms. The van der Waals surface area contributed by atoms with Gasteiger partial charge in [-0.15, -0.1) is 0 Å². The molecule has 0 aliphatic heterocycles. The first-order valence-electron chi connectivity index (χ1n) is 31.4. The normalized spacial score (nSPS) is 12.8. The maximum atomic E-state index is 12.9. The van der Waals surface area contributed by atoms with Gasteiger partial charge in [0, 0.05) is 19.3 Å². The Morgan fingerprint density at radius 2 is 0.480 bits per heavy atom. The van der Waals surface area contributed by atoms with Gasteiger partial charge in [0.2, 0.25) is 0 Å². The number of rotatable bonds is 56. The number of hydrogen-bond acceptors (Lipinski definition) is 6. The zero-order chi connectivity index (χ0) is 54.3. The number of esters is 3. The molecule has 0 aromatic heterocycles. The third-order valence-electron chi connectivity index (χ3n) is 13.2. The minimum atomic E-state index is -0.813. The number of carbonyl (C=O) groups excluding carboxylic acids is 3. The standard InChI is InChI=1S/C69H116O6/c1-4-7-10-13-16-19-22-25-28-31-34-37-40-43-46-49-52-55-58-61-67(70)73-64-66(75-69(72)63-60-57-54-51-48-45-42-39-36-33-30-27-24-21-18-15-12-9-6-3)65-74-68(71)62-59-56-53-50-47-44-41-38-35-32-29-26-23-20-17-14-11-8-5-2/h16,18-19,21,25,27-28,30,32,34-37,39,43,45-46,48,66H,4-15,17,20,22-24,26,29,31,33,38,40-42,44,47,49-65H2,1-3H3/b19-16-,21-18-,28-25-,30-27-,35-32-,37-34-,39-36-,46-43-,48-45-/t66-/m0/s1. The lowest BCUT2D eigenvalue weighted by Gasteiger charge is -2.18. The zero-order valence-corrected chi connectivity index (χ0v) is 49.0. The van der Waals surface area contributed by atoms with E-state index in [1.165, 1.54) is 141 Å². The second-order valence-electron chi connectivity index (χ2n) is 20.6. The molecule has 0 N–H and O–H groups in total. The molecule has 0 rings (SSSR count). The molecule has 428 valence electrons. The van der Waals surface area contributed by atoms with Crippen LogP contribution in [0.2, 0.25) is 0 Å². The first-order valence-corrected chi connectivity index (χ1v) is 31.4. The van der Waals surface area contributed by atoms with E-state index in [2.05, 4.69) is 130 Å². The highest BCUT2D eigenvalue weighted by Gasteiger charge is 2.19. The lowest BCUT2D eigenvalue weighted by atomic mass is 10.1. The molecule has 0 saturated carbocycles. The monoisotopic (exact) mass is 1040 g/mol. The van der Waals surface area contributed by atoms with Gasteiger partial charge >= 0.3 is 17.9 Å². The molecular weight excluding hydrogens is 925 g/mol. The molecule has 0 saturated heterocycles. The number of carbonyl (C=O) groups is 3. The van der Waals surface area contributed by atoms with Gasteiger partial charge < -0.3 is 14.2 Å². The number of allylic oxidation sites excluding steroid dienone is 18. The van der Waals surface area contributed by atoms with Crippen LogP contribution in [0.5, 0.6) is 0 Å². The summed E-state index contributed by atoms with van der Waals surface area (Å²) in [5, 5.41) is 0. The minimum Gasteiger partial charge on any atom is -0.462 e. The Morgan fingerprint density at radius 1 is 0.267 bits per heavy atom. The summed E-state index contributed by atoms with van der Waals surface area (Å²) in [5.41, 5.74) is 0. The van der Waals surface area contributed by atoms with E-state index in [-0.39, 0.29) is 37.5 Å². The molecule has 0 amide bonds. The number of ether oxygens (including phenoxy) is 3. The summed E-state index contributed by atoms with van der Waals surface area (Å²) in [7, 11) is 0. The molecule has 0 aromatic carbocycles. The molecule has 0 aliphatic rings.